The molecule has 0 radical (unpaired) electrons. The first-order valence-corrected chi connectivity index (χ1v) is 7.72. The fraction of sp³-hybridized carbons (Fsp3) is 0.556. The van der Waals surface area contributed by atoms with Crippen LogP contribution in [0.2, 0.25) is 0 Å². The van der Waals surface area contributed by atoms with Gasteiger partial charge in [0.2, 0.25) is 0 Å². The van der Waals surface area contributed by atoms with Crippen molar-refractivity contribution in [1.82, 2.24) is 0 Å². The summed E-state index contributed by atoms with van der Waals surface area (Å²) in [6.45, 7) is 2.33. The van der Waals surface area contributed by atoms with E-state index in [1.165, 1.54) is 25.3 Å². The van der Waals surface area contributed by atoms with Crippen LogP contribution < -0.4 is 0 Å². The smallest absolute Gasteiger partial charge is 0.129 e. The third-order valence-electron chi connectivity index (χ3n) is 4.15. The van der Waals surface area contributed by atoms with E-state index in [9.17, 15) is 4.39 Å². The summed E-state index contributed by atoms with van der Waals surface area (Å²) in [5.74, 6) is 5.68. The van der Waals surface area contributed by atoms with Crippen LogP contribution in [0.5, 0.6) is 0 Å². The molecule has 0 saturated heterocycles. The van der Waals surface area contributed by atoms with Crippen LogP contribution in [0.4, 0.5) is 4.39 Å². The Kier molecular flexibility index (Phi) is 6.22. The van der Waals surface area contributed by atoms with Gasteiger partial charge in [-0.15, -0.1) is 0 Å². The summed E-state index contributed by atoms with van der Waals surface area (Å²) in [6.07, 6.45) is 6.14. The van der Waals surface area contributed by atoms with Gasteiger partial charge in [-0.05, 0) is 30.9 Å². The Morgan fingerprint density at radius 2 is 2.24 bits per heavy atom. The molecular formula is C18H23FO2. The van der Waals surface area contributed by atoms with Crippen LogP contribution in [0.15, 0.2) is 18.2 Å². The fourth-order valence-electron chi connectivity index (χ4n) is 2.86. The standard InChI is InChI=1S/C18H23FO2/c1-2-14-5-3-7-17(11-14)21-13-16-9-8-15(6-4-10-20)12-18(16)19/h8-9,12,14,17,20H,2-3,5,7,10-11,13H2,1H3. The highest BCUT2D eigenvalue weighted by molar-refractivity contribution is 5.36. The lowest BCUT2D eigenvalue weighted by atomic mass is 9.85. The molecule has 0 aliphatic heterocycles. The minimum absolute atomic E-state index is 0.216. The number of hydrogen-bond donors (Lipinski definition) is 1. The summed E-state index contributed by atoms with van der Waals surface area (Å²) in [7, 11) is 0. The molecule has 2 atom stereocenters. The predicted octanol–water partition coefficient (Wildman–Crippen LogP) is 3.65. The normalized spacial score (nSPS) is 21.7. The number of halogens is 1. The molecule has 1 saturated carbocycles. The molecule has 1 aromatic carbocycles. The Hall–Kier alpha value is -1.37. The molecule has 0 bridgehead atoms. The van der Waals surface area contributed by atoms with E-state index in [-0.39, 0.29) is 18.5 Å². The van der Waals surface area contributed by atoms with Crippen molar-refractivity contribution in [3.8, 4) is 11.8 Å². The van der Waals surface area contributed by atoms with Gasteiger partial charge in [-0.3, -0.25) is 0 Å². The second-order valence-electron chi connectivity index (χ2n) is 5.64. The lowest BCUT2D eigenvalue weighted by Crippen LogP contribution is -2.22. The first-order chi connectivity index (χ1) is 10.2. The SMILES string of the molecule is CCC1CCCC(OCc2ccc(C#CCO)cc2F)C1. The maximum Gasteiger partial charge on any atom is 0.129 e. The quantitative estimate of drug-likeness (QED) is 0.858. The van der Waals surface area contributed by atoms with E-state index >= 15 is 0 Å². The zero-order valence-corrected chi connectivity index (χ0v) is 12.6. The maximum atomic E-state index is 14.0. The minimum atomic E-state index is -0.289. The Morgan fingerprint density at radius 1 is 1.38 bits per heavy atom. The zero-order chi connectivity index (χ0) is 15.1. The minimum Gasteiger partial charge on any atom is -0.384 e. The summed E-state index contributed by atoms with van der Waals surface area (Å²) in [6, 6.07) is 4.88. The van der Waals surface area contributed by atoms with Crippen LogP contribution in [0, 0.1) is 23.6 Å². The van der Waals surface area contributed by atoms with Crippen LogP contribution in [0.25, 0.3) is 0 Å². The van der Waals surface area contributed by atoms with Gasteiger partial charge in [0.25, 0.3) is 0 Å². The second kappa shape index (κ2) is 8.17. The lowest BCUT2D eigenvalue weighted by Gasteiger charge is -2.28. The van der Waals surface area contributed by atoms with E-state index in [1.54, 1.807) is 12.1 Å². The van der Waals surface area contributed by atoms with Crippen molar-refractivity contribution >= 4 is 0 Å². The van der Waals surface area contributed by atoms with Gasteiger partial charge in [-0.2, -0.15) is 0 Å². The van der Waals surface area contributed by atoms with Crippen LogP contribution in [0.1, 0.15) is 50.2 Å². The van der Waals surface area contributed by atoms with Gasteiger partial charge in [-0.1, -0.05) is 44.1 Å². The number of rotatable bonds is 4. The summed E-state index contributed by atoms with van der Waals surface area (Å²) in [5.41, 5.74) is 1.15. The Labute approximate surface area is 126 Å². The third kappa shape index (κ3) is 4.84. The van der Waals surface area contributed by atoms with Crippen LogP contribution in [-0.2, 0) is 11.3 Å². The number of benzene rings is 1. The Balaban J connectivity index is 1.91. The number of aliphatic hydroxyl groups excluding tert-OH is 1. The highest BCUT2D eigenvalue weighted by Gasteiger charge is 2.21. The highest BCUT2D eigenvalue weighted by Crippen LogP contribution is 2.29. The Morgan fingerprint density at radius 3 is 2.95 bits per heavy atom. The molecule has 114 valence electrons. The van der Waals surface area contributed by atoms with Gasteiger partial charge in [0.05, 0.1) is 12.7 Å². The van der Waals surface area contributed by atoms with Crippen molar-refractivity contribution in [3.05, 3.63) is 35.1 Å². The van der Waals surface area contributed by atoms with E-state index in [1.807, 2.05) is 0 Å². The molecule has 1 aliphatic carbocycles. The van der Waals surface area contributed by atoms with E-state index in [0.717, 1.165) is 18.8 Å². The first kappa shape index (κ1) is 16.0. The van der Waals surface area contributed by atoms with Gasteiger partial charge in [-0.25, -0.2) is 4.39 Å². The molecule has 1 N–H and O–H groups in total. The molecule has 1 aromatic rings. The molecule has 0 amide bonds. The van der Waals surface area contributed by atoms with Crippen molar-refractivity contribution in [2.45, 2.75) is 51.7 Å². The van der Waals surface area contributed by atoms with Gasteiger partial charge < -0.3 is 9.84 Å². The third-order valence-corrected chi connectivity index (χ3v) is 4.15. The maximum absolute atomic E-state index is 14.0. The fourth-order valence-corrected chi connectivity index (χ4v) is 2.86. The molecule has 21 heavy (non-hydrogen) atoms. The molecule has 1 aliphatic rings. The van der Waals surface area contributed by atoms with Crippen molar-refractivity contribution in [2.24, 2.45) is 5.92 Å². The van der Waals surface area contributed by atoms with Gasteiger partial charge in [0, 0.05) is 11.1 Å². The van der Waals surface area contributed by atoms with Crippen LogP contribution >= 0.6 is 0 Å². The molecule has 3 heteroatoms. The van der Waals surface area contributed by atoms with Crippen molar-refractivity contribution in [1.29, 1.82) is 0 Å². The zero-order valence-electron chi connectivity index (χ0n) is 12.6. The van der Waals surface area contributed by atoms with Gasteiger partial charge >= 0.3 is 0 Å². The van der Waals surface area contributed by atoms with Gasteiger partial charge in [0.1, 0.15) is 12.4 Å². The summed E-state index contributed by atoms with van der Waals surface area (Å²) in [4.78, 5) is 0. The average Bonchev–Trinajstić information content (AvgIpc) is 2.52. The van der Waals surface area contributed by atoms with E-state index in [0.29, 0.717) is 17.7 Å². The average molecular weight is 290 g/mol. The number of hydrogen-bond acceptors (Lipinski definition) is 2. The van der Waals surface area contributed by atoms with Gasteiger partial charge in [0.15, 0.2) is 0 Å². The molecule has 1 fully saturated rings. The van der Waals surface area contributed by atoms with E-state index in [2.05, 4.69) is 18.8 Å². The molecule has 0 spiro atoms. The van der Waals surface area contributed by atoms with E-state index in [4.69, 9.17) is 9.84 Å². The molecule has 2 unspecified atom stereocenters. The Bertz CT molecular complexity index is 516. The number of ether oxygens (including phenoxy) is 1. The second-order valence-corrected chi connectivity index (χ2v) is 5.64. The van der Waals surface area contributed by atoms with E-state index < -0.39 is 0 Å². The molecular weight excluding hydrogens is 267 g/mol. The first-order valence-electron chi connectivity index (χ1n) is 7.72. The lowest BCUT2D eigenvalue weighted by molar-refractivity contribution is 0.000662. The predicted molar refractivity (Wildman–Crippen MR) is 81.2 cm³/mol. The topological polar surface area (TPSA) is 29.5 Å². The molecule has 2 nitrogen and oxygen atoms in total. The summed E-state index contributed by atoms with van der Waals surface area (Å²) >= 11 is 0. The summed E-state index contributed by atoms with van der Waals surface area (Å²) < 4.78 is 19.9. The number of aliphatic hydroxyl groups is 1. The molecule has 0 aromatic heterocycles. The summed E-state index contributed by atoms with van der Waals surface area (Å²) in [5, 5.41) is 8.63. The van der Waals surface area contributed by atoms with Crippen molar-refractivity contribution < 1.29 is 14.2 Å². The van der Waals surface area contributed by atoms with Crippen LogP contribution in [0.3, 0.4) is 0 Å². The monoisotopic (exact) mass is 290 g/mol. The van der Waals surface area contributed by atoms with Crippen LogP contribution in [-0.4, -0.2) is 17.8 Å². The van der Waals surface area contributed by atoms with Crippen molar-refractivity contribution in [3.63, 3.8) is 0 Å². The molecule has 2 rings (SSSR count). The molecule has 0 heterocycles. The van der Waals surface area contributed by atoms with Crippen molar-refractivity contribution in [2.75, 3.05) is 6.61 Å². The highest BCUT2D eigenvalue weighted by atomic mass is 19.1. The largest absolute Gasteiger partial charge is 0.384 e.